The number of rotatable bonds is 4. The highest BCUT2D eigenvalue weighted by Crippen LogP contribution is 2.23. The molecule has 92 valence electrons. The van der Waals surface area contributed by atoms with Crippen LogP contribution in [0.25, 0.3) is 5.57 Å². The van der Waals surface area contributed by atoms with Gasteiger partial charge < -0.3 is 5.11 Å². The summed E-state index contributed by atoms with van der Waals surface area (Å²) in [7, 11) is 0. The van der Waals surface area contributed by atoms with Crippen molar-refractivity contribution in [2.45, 2.75) is 19.4 Å². The Bertz CT molecular complexity index is 500. The van der Waals surface area contributed by atoms with Gasteiger partial charge in [0.1, 0.15) is 0 Å². The molecule has 2 aromatic rings. The molecular formula is C17H18O. The number of aliphatic hydroxyl groups excluding tert-OH is 1. The van der Waals surface area contributed by atoms with Crippen LogP contribution in [0.5, 0.6) is 0 Å². The molecular weight excluding hydrogens is 220 g/mol. The Balaban J connectivity index is 2.25. The molecule has 0 bridgehead atoms. The summed E-state index contributed by atoms with van der Waals surface area (Å²) in [5.41, 5.74) is 3.28. The molecule has 0 saturated carbocycles. The van der Waals surface area contributed by atoms with Gasteiger partial charge in [0.05, 0.1) is 6.10 Å². The number of allylic oxidation sites excluding steroid dienone is 1. The van der Waals surface area contributed by atoms with Gasteiger partial charge in [-0.1, -0.05) is 67.6 Å². The number of hydrogen-bond donors (Lipinski definition) is 1. The lowest BCUT2D eigenvalue weighted by Crippen LogP contribution is -1.94. The van der Waals surface area contributed by atoms with E-state index in [0.717, 1.165) is 12.0 Å². The van der Waals surface area contributed by atoms with Gasteiger partial charge in [0.25, 0.3) is 0 Å². The van der Waals surface area contributed by atoms with Crippen LogP contribution in [0.2, 0.25) is 0 Å². The van der Waals surface area contributed by atoms with Gasteiger partial charge in [-0.05, 0) is 29.2 Å². The maximum atomic E-state index is 10.2. The summed E-state index contributed by atoms with van der Waals surface area (Å²) in [5, 5.41) is 10.2. The molecule has 0 heterocycles. The molecule has 0 saturated heterocycles. The summed E-state index contributed by atoms with van der Waals surface area (Å²) < 4.78 is 0. The normalized spacial score (nSPS) is 13.3. The largest absolute Gasteiger partial charge is 0.384 e. The Morgan fingerprint density at radius 1 is 1.00 bits per heavy atom. The third-order valence-corrected chi connectivity index (χ3v) is 3.03. The van der Waals surface area contributed by atoms with Crippen LogP contribution in [-0.2, 0) is 0 Å². The van der Waals surface area contributed by atoms with Crippen molar-refractivity contribution in [2.24, 2.45) is 0 Å². The average Bonchev–Trinajstić information content (AvgIpc) is 2.46. The molecule has 0 spiro atoms. The van der Waals surface area contributed by atoms with E-state index in [1.165, 1.54) is 11.1 Å². The molecule has 0 fully saturated rings. The Morgan fingerprint density at radius 3 is 2.11 bits per heavy atom. The quantitative estimate of drug-likeness (QED) is 0.845. The van der Waals surface area contributed by atoms with Gasteiger partial charge in [-0.2, -0.15) is 0 Å². The van der Waals surface area contributed by atoms with E-state index in [9.17, 15) is 5.11 Å². The van der Waals surface area contributed by atoms with Gasteiger partial charge in [0.15, 0.2) is 0 Å². The van der Waals surface area contributed by atoms with Crippen LogP contribution < -0.4 is 0 Å². The lowest BCUT2D eigenvalue weighted by molar-refractivity contribution is 0.229. The summed E-state index contributed by atoms with van der Waals surface area (Å²) in [5.74, 6) is 0. The molecule has 1 unspecified atom stereocenters. The average molecular weight is 238 g/mol. The summed E-state index contributed by atoms with van der Waals surface area (Å²) in [6, 6.07) is 19.9. The van der Waals surface area contributed by atoms with E-state index in [1.54, 1.807) is 0 Å². The smallest absolute Gasteiger partial charge is 0.0977 e. The van der Waals surface area contributed by atoms with Gasteiger partial charge in [-0.25, -0.2) is 0 Å². The van der Waals surface area contributed by atoms with Crippen molar-refractivity contribution in [3.8, 4) is 0 Å². The van der Waals surface area contributed by atoms with Gasteiger partial charge in [-0.3, -0.25) is 0 Å². The predicted octanol–water partition coefficient (Wildman–Crippen LogP) is 4.21. The highest BCUT2D eigenvalue weighted by Gasteiger charge is 2.06. The second kappa shape index (κ2) is 6.18. The molecule has 1 heteroatoms. The van der Waals surface area contributed by atoms with E-state index in [2.05, 4.69) is 19.1 Å². The summed E-state index contributed by atoms with van der Waals surface area (Å²) in [4.78, 5) is 0. The summed E-state index contributed by atoms with van der Waals surface area (Å²) in [6.07, 6.45) is 2.31. The number of benzene rings is 2. The van der Waals surface area contributed by atoms with Crippen LogP contribution in [0.1, 0.15) is 30.6 Å². The second-order valence-corrected chi connectivity index (χ2v) is 4.27. The van der Waals surface area contributed by atoms with Gasteiger partial charge in [0, 0.05) is 0 Å². The first-order valence-corrected chi connectivity index (χ1v) is 6.30. The summed E-state index contributed by atoms with van der Waals surface area (Å²) in [6.45, 7) is 2.11. The molecule has 0 amide bonds. The van der Waals surface area contributed by atoms with Crippen LogP contribution >= 0.6 is 0 Å². The van der Waals surface area contributed by atoms with E-state index in [4.69, 9.17) is 0 Å². The SMILES string of the molecule is CCC(=CC(O)c1ccccc1)c1ccccc1. The van der Waals surface area contributed by atoms with Crippen molar-refractivity contribution in [2.75, 3.05) is 0 Å². The fourth-order valence-corrected chi connectivity index (χ4v) is 2.01. The van der Waals surface area contributed by atoms with Crippen molar-refractivity contribution in [3.63, 3.8) is 0 Å². The van der Waals surface area contributed by atoms with Crippen molar-refractivity contribution >= 4 is 5.57 Å². The maximum Gasteiger partial charge on any atom is 0.0977 e. The number of hydrogen-bond acceptors (Lipinski definition) is 1. The minimum absolute atomic E-state index is 0.540. The minimum atomic E-state index is -0.540. The molecule has 2 aromatic carbocycles. The van der Waals surface area contributed by atoms with E-state index in [0.29, 0.717) is 0 Å². The molecule has 1 atom stereocenters. The van der Waals surface area contributed by atoms with E-state index in [-0.39, 0.29) is 0 Å². The minimum Gasteiger partial charge on any atom is -0.384 e. The Kier molecular flexibility index (Phi) is 4.32. The predicted molar refractivity (Wildman–Crippen MR) is 76.1 cm³/mol. The first-order chi connectivity index (χ1) is 8.81. The molecule has 0 radical (unpaired) electrons. The number of aliphatic hydroxyl groups is 1. The van der Waals surface area contributed by atoms with Crippen LogP contribution in [0.4, 0.5) is 0 Å². The maximum absolute atomic E-state index is 10.2. The fraction of sp³-hybridized carbons (Fsp3) is 0.176. The van der Waals surface area contributed by atoms with Crippen LogP contribution in [-0.4, -0.2) is 5.11 Å². The topological polar surface area (TPSA) is 20.2 Å². The van der Waals surface area contributed by atoms with Crippen LogP contribution in [0.3, 0.4) is 0 Å². The lowest BCUT2D eigenvalue weighted by atomic mass is 9.99. The van der Waals surface area contributed by atoms with E-state index >= 15 is 0 Å². The highest BCUT2D eigenvalue weighted by atomic mass is 16.3. The standard InChI is InChI=1S/C17H18O/c1-2-14(15-9-5-3-6-10-15)13-17(18)16-11-7-4-8-12-16/h3-13,17-18H,2H2,1H3. The second-order valence-electron chi connectivity index (χ2n) is 4.27. The third-order valence-electron chi connectivity index (χ3n) is 3.03. The zero-order chi connectivity index (χ0) is 12.8. The Morgan fingerprint density at radius 2 is 1.56 bits per heavy atom. The van der Waals surface area contributed by atoms with Crippen molar-refractivity contribution in [3.05, 3.63) is 77.9 Å². The van der Waals surface area contributed by atoms with Gasteiger partial charge in [-0.15, -0.1) is 0 Å². The zero-order valence-electron chi connectivity index (χ0n) is 10.6. The highest BCUT2D eigenvalue weighted by molar-refractivity contribution is 5.65. The molecule has 0 aliphatic rings. The monoisotopic (exact) mass is 238 g/mol. The van der Waals surface area contributed by atoms with Gasteiger partial charge in [0.2, 0.25) is 0 Å². The molecule has 18 heavy (non-hydrogen) atoms. The fourth-order valence-electron chi connectivity index (χ4n) is 2.01. The first kappa shape index (κ1) is 12.6. The first-order valence-electron chi connectivity index (χ1n) is 6.30. The van der Waals surface area contributed by atoms with E-state index < -0.39 is 6.10 Å². The lowest BCUT2D eigenvalue weighted by Gasteiger charge is -2.10. The van der Waals surface area contributed by atoms with Crippen molar-refractivity contribution in [1.82, 2.24) is 0 Å². The Hall–Kier alpha value is -1.86. The molecule has 2 rings (SSSR count). The molecule has 0 aliphatic heterocycles. The van der Waals surface area contributed by atoms with Crippen molar-refractivity contribution < 1.29 is 5.11 Å². The molecule has 0 aliphatic carbocycles. The van der Waals surface area contributed by atoms with Crippen LogP contribution in [0, 0.1) is 0 Å². The molecule has 0 aromatic heterocycles. The van der Waals surface area contributed by atoms with Crippen LogP contribution in [0.15, 0.2) is 66.7 Å². The van der Waals surface area contributed by atoms with E-state index in [1.807, 2.05) is 54.6 Å². The summed E-state index contributed by atoms with van der Waals surface area (Å²) >= 11 is 0. The van der Waals surface area contributed by atoms with Gasteiger partial charge >= 0.3 is 0 Å². The zero-order valence-corrected chi connectivity index (χ0v) is 10.6. The Labute approximate surface area is 108 Å². The molecule has 1 N–H and O–H groups in total. The third kappa shape index (κ3) is 3.08. The molecule has 1 nitrogen and oxygen atoms in total. The van der Waals surface area contributed by atoms with Crippen molar-refractivity contribution in [1.29, 1.82) is 0 Å².